The number of nitrogens with one attached hydrogen (secondary N) is 2. The van der Waals surface area contributed by atoms with Crippen molar-refractivity contribution in [3.63, 3.8) is 0 Å². The highest BCUT2D eigenvalue weighted by Gasteiger charge is 2.05. The van der Waals surface area contributed by atoms with E-state index >= 15 is 0 Å². The molecule has 0 unspecified atom stereocenters. The first-order valence-corrected chi connectivity index (χ1v) is 8.94. The summed E-state index contributed by atoms with van der Waals surface area (Å²) in [4.78, 5) is 23.8. The maximum absolute atomic E-state index is 11.9. The smallest absolute Gasteiger partial charge is 0.251 e. The number of rotatable bonds is 10. The Bertz CT molecular complexity index is 684. The summed E-state index contributed by atoms with van der Waals surface area (Å²) in [7, 11) is 0. The molecule has 138 valence electrons. The number of ether oxygens (including phenoxy) is 1. The van der Waals surface area contributed by atoms with Crippen LogP contribution in [0.5, 0.6) is 0 Å². The zero-order chi connectivity index (χ0) is 18.6. The van der Waals surface area contributed by atoms with Gasteiger partial charge in [0.25, 0.3) is 5.91 Å². The molecule has 2 aromatic carbocycles. The lowest BCUT2D eigenvalue weighted by Crippen LogP contribution is -2.27. The lowest BCUT2D eigenvalue weighted by atomic mass is 10.1. The van der Waals surface area contributed by atoms with Crippen molar-refractivity contribution in [1.82, 2.24) is 10.6 Å². The molecule has 0 heterocycles. The van der Waals surface area contributed by atoms with Crippen LogP contribution in [0.3, 0.4) is 0 Å². The molecule has 0 radical (unpaired) electrons. The first-order chi connectivity index (χ1) is 12.7. The second-order valence-corrected chi connectivity index (χ2v) is 5.96. The van der Waals surface area contributed by atoms with Crippen LogP contribution in [-0.2, 0) is 22.7 Å². The van der Waals surface area contributed by atoms with Crippen LogP contribution in [0.1, 0.15) is 41.3 Å². The fourth-order valence-corrected chi connectivity index (χ4v) is 2.40. The van der Waals surface area contributed by atoms with Gasteiger partial charge in [-0.15, -0.1) is 0 Å². The third-order valence-corrected chi connectivity index (χ3v) is 3.89. The van der Waals surface area contributed by atoms with Crippen molar-refractivity contribution < 1.29 is 14.3 Å². The van der Waals surface area contributed by atoms with Crippen molar-refractivity contribution in [1.29, 1.82) is 0 Å². The molecular formula is C21H26N2O3. The van der Waals surface area contributed by atoms with Crippen LogP contribution in [0, 0.1) is 0 Å². The SMILES string of the molecule is CCOCc1ccc(CNC(=O)CCCNC(=O)c2ccccc2)cc1. The number of hydrogen-bond donors (Lipinski definition) is 2. The van der Waals surface area contributed by atoms with Crippen molar-refractivity contribution in [3.8, 4) is 0 Å². The average Bonchev–Trinajstić information content (AvgIpc) is 2.69. The first kappa shape index (κ1) is 19.7. The Morgan fingerprint density at radius 1 is 0.923 bits per heavy atom. The van der Waals surface area contributed by atoms with Crippen LogP contribution in [0.15, 0.2) is 54.6 Å². The van der Waals surface area contributed by atoms with E-state index in [0.717, 1.165) is 11.1 Å². The Hall–Kier alpha value is -2.66. The van der Waals surface area contributed by atoms with Gasteiger partial charge in [-0.1, -0.05) is 42.5 Å². The average molecular weight is 354 g/mol. The summed E-state index contributed by atoms with van der Waals surface area (Å²) in [6.45, 7) is 4.26. The summed E-state index contributed by atoms with van der Waals surface area (Å²) < 4.78 is 5.36. The van der Waals surface area contributed by atoms with Crippen LogP contribution in [0.2, 0.25) is 0 Å². The molecule has 5 heteroatoms. The van der Waals surface area contributed by atoms with Crippen LogP contribution >= 0.6 is 0 Å². The molecule has 0 spiro atoms. The highest BCUT2D eigenvalue weighted by molar-refractivity contribution is 5.94. The van der Waals surface area contributed by atoms with E-state index in [1.54, 1.807) is 12.1 Å². The van der Waals surface area contributed by atoms with Crippen LogP contribution in [0.4, 0.5) is 0 Å². The predicted molar refractivity (Wildman–Crippen MR) is 102 cm³/mol. The van der Waals surface area contributed by atoms with E-state index in [4.69, 9.17) is 4.74 Å². The zero-order valence-electron chi connectivity index (χ0n) is 15.2. The van der Waals surface area contributed by atoms with Gasteiger partial charge >= 0.3 is 0 Å². The van der Waals surface area contributed by atoms with E-state index in [0.29, 0.717) is 44.7 Å². The number of benzene rings is 2. The molecule has 0 saturated carbocycles. The molecule has 26 heavy (non-hydrogen) atoms. The Morgan fingerprint density at radius 3 is 2.31 bits per heavy atom. The normalized spacial score (nSPS) is 10.3. The predicted octanol–water partition coefficient (Wildman–Crippen LogP) is 3.05. The summed E-state index contributed by atoms with van der Waals surface area (Å²) >= 11 is 0. The summed E-state index contributed by atoms with van der Waals surface area (Å²) in [6.07, 6.45) is 0.995. The Morgan fingerprint density at radius 2 is 1.62 bits per heavy atom. The molecule has 2 aromatic rings. The molecule has 2 N–H and O–H groups in total. The topological polar surface area (TPSA) is 67.4 Å². The summed E-state index contributed by atoms with van der Waals surface area (Å²) in [6, 6.07) is 17.1. The minimum atomic E-state index is -0.113. The van der Waals surface area contributed by atoms with Crippen molar-refractivity contribution in [3.05, 3.63) is 71.3 Å². The Kier molecular flexibility index (Phi) is 8.36. The van der Waals surface area contributed by atoms with Gasteiger partial charge in [0, 0.05) is 31.7 Å². The van der Waals surface area contributed by atoms with E-state index in [2.05, 4.69) is 10.6 Å². The lowest BCUT2D eigenvalue weighted by molar-refractivity contribution is -0.121. The highest BCUT2D eigenvalue weighted by atomic mass is 16.5. The van der Waals surface area contributed by atoms with Crippen molar-refractivity contribution in [2.24, 2.45) is 0 Å². The third kappa shape index (κ3) is 7.07. The second-order valence-electron chi connectivity index (χ2n) is 5.96. The molecule has 0 saturated heterocycles. The lowest BCUT2D eigenvalue weighted by Gasteiger charge is -2.08. The van der Waals surface area contributed by atoms with E-state index in [1.165, 1.54) is 0 Å². The van der Waals surface area contributed by atoms with E-state index in [1.807, 2.05) is 49.4 Å². The molecule has 0 aliphatic carbocycles. The quantitative estimate of drug-likeness (QED) is 0.645. The summed E-state index contributed by atoms with van der Waals surface area (Å²) in [5.74, 6) is -0.129. The van der Waals surface area contributed by atoms with Crippen molar-refractivity contribution in [2.75, 3.05) is 13.2 Å². The van der Waals surface area contributed by atoms with Gasteiger partial charge in [-0.2, -0.15) is 0 Å². The minimum Gasteiger partial charge on any atom is -0.377 e. The summed E-state index contributed by atoms with van der Waals surface area (Å²) in [5, 5.41) is 5.72. The van der Waals surface area contributed by atoms with Gasteiger partial charge in [0.2, 0.25) is 5.91 Å². The highest BCUT2D eigenvalue weighted by Crippen LogP contribution is 2.06. The summed E-state index contributed by atoms with van der Waals surface area (Å²) in [5.41, 5.74) is 2.80. The number of carbonyl (C=O) groups is 2. The van der Waals surface area contributed by atoms with Crippen LogP contribution < -0.4 is 10.6 Å². The standard InChI is InChI=1S/C21H26N2O3/c1-2-26-16-18-12-10-17(11-13-18)15-23-20(24)9-6-14-22-21(25)19-7-4-3-5-8-19/h3-5,7-8,10-13H,2,6,9,14-16H2,1H3,(H,22,25)(H,23,24). The van der Waals surface area contributed by atoms with Gasteiger partial charge in [0.1, 0.15) is 0 Å². The van der Waals surface area contributed by atoms with Crippen LogP contribution in [0.25, 0.3) is 0 Å². The Labute approximate surface area is 154 Å². The number of carbonyl (C=O) groups excluding carboxylic acids is 2. The molecule has 0 aromatic heterocycles. The maximum Gasteiger partial charge on any atom is 0.251 e. The van der Waals surface area contributed by atoms with Gasteiger partial charge in [-0.25, -0.2) is 0 Å². The fourth-order valence-electron chi connectivity index (χ4n) is 2.40. The van der Waals surface area contributed by atoms with Crippen LogP contribution in [-0.4, -0.2) is 25.0 Å². The van der Waals surface area contributed by atoms with E-state index in [-0.39, 0.29) is 11.8 Å². The minimum absolute atomic E-state index is 0.0163. The Balaban J connectivity index is 1.61. The molecule has 5 nitrogen and oxygen atoms in total. The molecule has 0 aliphatic rings. The molecule has 2 rings (SSSR count). The van der Waals surface area contributed by atoms with Gasteiger partial charge in [-0.05, 0) is 36.6 Å². The third-order valence-electron chi connectivity index (χ3n) is 3.89. The molecule has 0 fully saturated rings. The molecule has 0 aliphatic heterocycles. The van der Waals surface area contributed by atoms with Crippen molar-refractivity contribution >= 4 is 11.8 Å². The largest absolute Gasteiger partial charge is 0.377 e. The monoisotopic (exact) mass is 354 g/mol. The molecule has 0 atom stereocenters. The molecular weight excluding hydrogens is 328 g/mol. The zero-order valence-corrected chi connectivity index (χ0v) is 15.2. The van der Waals surface area contributed by atoms with E-state index in [9.17, 15) is 9.59 Å². The van der Waals surface area contributed by atoms with Gasteiger partial charge < -0.3 is 15.4 Å². The fraction of sp³-hybridized carbons (Fsp3) is 0.333. The van der Waals surface area contributed by atoms with Gasteiger partial charge in [0.15, 0.2) is 0 Å². The second kappa shape index (κ2) is 11.1. The first-order valence-electron chi connectivity index (χ1n) is 8.94. The van der Waals surface area contributed by atoms with E-state index < -0.39 is 0 Å². The molecule has 0 bridgehead atoms. The molecule has 2 amide bonds. The van der Waals surface area contributed by atoms with Gasteiger partial charge in [0.05, 0.1) is 6.61 Å². The van der Waals surface area contributed by atoms with Gasteiger partial charge in [-0.3, -0.25) is 9.59 Å². The number of amides is 2. The number of hydrogen-bond acceptors (Lipinski definition) is 3. The van der Waals surface area contributed by atoms with Crippen molar-refractivity contribution in [2.45, 2.75) is 32.9 Å². The maximum atomic E-state index is 11.9.